The number of unbranched alkanes of at least 4 members (excludes halogenated alkanes) is 22. The summed E-state index contributed by atoms with van der Waals surface area (Å²) in [5, 5.41) is 0. The minimum atomic E-state index is 0.571. The van der Waals surface area contributed by atoms with Crippen molar-refractivity contribution in [3.8, 4) is 0 Å². The maximum Gasteiger partial charge on any atom is 0.0977 e. The third kappa shape index (κ3) is 17.7. The summed E-state index contributed by atoms with van der Waals surface area (Å²) in [6.07, 6.45) is 39.8. The lowest BCUT2D eigenvalue weighted by Crippen LogP contribution is -2.36. The molecule has 1 unspecified atom stereocenters. The minimum Gasteiger partial charge on any atom is -0.356 e. The first-order chi connectivity index (χ1) is 16.8. The van der Waals surface area contributed by atoms with E-state index in [1.165, 1.54) is 167 Å². The monoisotopic (exact) mass is 477 g/mol. The average molecular weight is 477 g/mol. The molecule has 1 aliphatic rings. The van der Waals surface area contributed by atoms with Crippen molar-refractivity contribution in [2.24, 2.45) is 0 Å². The maximum atomic E-state index is 2.56. The number of nitrogens with zero attached hydrogens (tertiary/aromatic N) is 2. The molecule has 0 fully saturated rings. The van der Waals surface area contributed by atoms with Crippen molar-refractivity contribution in [3.63, 3.8) is 0 Å². The lowest BCUT2D eigenvalue weighted by Gasteiger charge is -2.30. The van der Waals surface area contributed by atoms with Gasteiger partial charge in [-0.3, -0.25) is 0 Å². The Morgan fingerprint density at radius 1 is 0.382 bits per heavy atom. The van der Waals surface area contributed by atoms with Gasteiger partial charge in [-0.2, -0.15) is 0 Å². The molecule has 0 N–H and O–H groups in total. The van der Waals surface area contributed by atoms with E-state index in [-0.39, 0.29) is 0 Å². The van der Waals surface area contributed by atoms with Gasteiger partial charge in [-0.15, -0.1) is 0 Å². The summed E-state index contributed by atoms with van der Waals surface area (Å²) in [5.74, 6) is 0. The Balaban J connectivity index is 1.81. The minimum absolute atomic E-state index is 0.571. The van der Waals surface area contributed by atoms with E-state index in [0.29, 0.717) is 6.17 Å². The van der Waals surface area contributed by atoms with Crippen molar-refractivity contribution >= 4 is 0 Å². The van der Waals surface area contributed by atoms with Crippen LogP contribution in [0.25, 0.3) is 0 Å². The van der Waals surface area contributed by atoms with Gasteiger partial charge >= 0.3 is 0 Å². The van der Waals surface area contributed by atoms with Gasteiger partial charge in [0.05, 0.1) is 6.17 Å². The van der Waals surface area contributed by atoms with Gasteiger partial charge in [0.15, 0.2) is 0 Å². The van der Waals surface area contributed by atoms with Gasteiger partial charge in [0.25, 0.3) is 0 Å². The highest BCUT2D eigenvalue weighted by Gasteiger charge is 2.20. The number of hydrogen-bond acceptors (Lipinski definition) is 2. The van der Waals surface area contributed by atoms with Gasteiger partial charge in [-0.05, 0) is 19.8 Å². The standard InChI is InChI=1S/C32H64N2/c1-4-6-8-10-12-13-14-15-16-17-18-19-20-21-23-25-27-29-34-31-30-33(32(34)3)28-26-24-22-11-9-7-5-2/h30-32H,4-29H2,1-3H3. The molecule has 0 aromatic carbocycles. The van der Waals surface area contributed by atoms with Crippen LogP contribution in [0.1, 0.15) is 175 Å². The predicted octanol–water partition coefficient (Wildman–Crippen LogP) is 10.8. The fraction of sp³-hybridized carbons (Fsp3) is 0.938. The SMILES string of the molecule is CCCCCCCCCCCCCCCCCCCN1C=CN(CCCCCCCCC)C1C. The molecular formula is C32H64N2. The van der Waals surface area contributed by atoms with Gasteiger partial charge in [0.2, 0.25) is 0 Å². The smallest absolute Gasteiger partial charge is 0.0977 e. The van der Waals surface area contributed by atoms with Crippen LogP contribution in [0.2, 0.25) is 0 Å². The van der Waals surface area contributed by atoms with Gasteiger partial charge in [0.1, 0.15) is 0 Å². The second kappa shape index (κ2) is 24.1. The molecule has 0 bridgehead atoms. The Hall–Kier alpha value is -0.660. The van der Waals surface area contributed by atoms with Gasteiger partial charge < -0.3 is 9.80 Å². The molecule has 1 aliphatic heterocycles. The van der Waals surface area contributed by atoms with E-state index in [0.717, 1.165) is 0 Å². The summed E-state index contributed by atoms with van der Waals surface area (Å²) >= 11 is 0. The number of hydrogen-bond donors (Lipinski definition) is 0. The van der Waals surface area contributed by atoms with Crippen LogP contribution >= 0.6 is 0 Å². The van der Waals surface area contributed by atoms with Crippen molar-refractivity contribution in [2.75, 3.05) is 13.1 Å². The molecule has 202 valence electrons. The molecule has 0 amide bonds. The van der Waals surface area contributed by atoms with Crippen molar-refractivity contribution in [3.05, 3.63) is 12.4 Å². The Morgan fingerprint density at radius 2 is 0.618 bits per heavy atom. The third-order valence-corrected chi connectivity index (χ3v) is 7.95. The van der Waals surface area contributed by atoms with Crippen LogP contribution in [0, 0.1) is 0 Å². The van der Waals surface area contributed by atoms with Crippen LogP contribution in [0.15, 0.2) is 12.4 Å². The molecule has 0 saturated heterocycles. The molecule has 0 aromatic heterocycles. The van der Waals surface area contributed by atoms with E-state index in [9.17, 15) is 0 Å². The van der Waals surface area contributed by atoms with Crippen molar-refractivity contribution in [1.29, 1.82) is 0 Å². The van der Waals surface area contributed by atoms with Crippen molar-refractivity contribution in [2.45, 2.75) is 181 Å². The molecule has 0 aliphatic carbocycles. The van der Waals surface area contributed by atoms with Crippen LogP contribution in [-0.2, 0) is 0 Å². The topological polar surface area (TPSA) is 6.48 Å². The highest BCUT2D eigenvalue weighted by molar-refractivity contribution is 4.95. The quantitative estimate of drug-likeness (QED) is 0.114. The average Bonchev–Trinajstić information content (AvgIpc) is 3.19. The molecule has 2 heteroatoms. The van der Waals surface area contributed by atoms with Crippen LogP contribution < -0.4 is 0 Å². The summed E-state index contributed by atoms with van der Waals surface area (Å²) in [4.78, 5) is 5.12. The van der Waals surface area contributed by atoms with E-state index < -0.39 is 0 Å². The Labute approximate surface area is 216 Å². The fourth-order valence-electron chi connectivity index (χ4n) is 5.40. The Bertz CT molecular complexity index is 433. The van der Waals surface area contributed by atoms with Crippen molar-refractivity contribution < 1.29 is 0 Å². The first-order valence-corrected chi connectivity index (χ1v) is 16.0. The third-order valence-electron chi connectivity index (χ3n) is 7.95. The summed E-state index contributed by atoms with van der Waals surface area (Å²) < 4.78 is 0. The fourth-order valence-corrected chi connectivity index (χ4v) is 5.40. The largest absolute Gasteiger partial charge is 0.356 e. The molecule has 1 rings (SSSR count). The zero-order chi connectivity index (χ0) is 24.5. The molecule has 0 aromatic rings. The van der Waals surface area contributed by atoms with Gasteiger partial charge in [0, 0.05) is 25.5 Å². The van der Waals surface area contributed by atoms with E-state index in [2.05, 4.69) is 43.0 Å². The van der Waals surface area contributed by atoms with E-state index in [1.54, 1.807) is 0 Å². The zero-order valence-electron chi connectivity index (χ0n) is 24.0. The van der Waals surface area contributed by atoms with Crippen LogP contribution in [0.5, 0.6) is 0 Å². The summed E-state index contributed by atoms with van der Waals surface area (Å²) in [6.45, 7) is 9.46. The highest BCUT2D eigenvalue weighted by atomic mass is 15.4. The van der Waals surface area contributed by atoms with E-state index in [4.69, 9.17) is 0 Å². The predicted molar refractivity (Wildman–Crippen MR) is 154 cm³/mol. The van der Waals surface area contributed by atoms with Gasteiger partial charge in [-0.25, -0.2) is 0 Å². The normalized spacial score (nSPS) is 15.7. The molecule has 34 heavy (non-hydrogen) atoms. The highest BCUT2D eigenvalue weighted by Crippen LogP contribution is 2.19. The first kappa shape index (κ1) is 31.4. The molecule has 1 heterocycles. The molecule has 2 nitrogen and oxygen atoms in total. The molecule has 1 atom stereocenters. The Kier molecular flexibility index (Phi) is 22.2. The lowest BCUT2D eigenvalue weighted by molar-refractivity contribution is 0.165. The molecule has 0 saturated carbocycles. The molecule has 0 spiro atoms. The van der Waals surface area contributed by atoms with Crippen LogP contribution in [0.3, 0.4) is 0 Å². The van der Waals surface area contributed by atoms with Crippen LogP contribution in [-0.4, -0.2) is 29.1 Å². The van der Waals surface area contributed by atoms with Gasteiger partial charge in [-0.1, -0.05) is 155 Å². The maximum absolute atomic E-state index is 2.56. The first-order valence-electron chi connectivity index (χ1n) is 16.0. The van der Waals surface area contributed by atoms with Crippen LogP contribution in [0.4, 0.5) is 0 Å². The van der Waals surface area contributed by atoms with E-state index >= 15 is 0 Å². The summed E-state index contributed by atoms with van der Waals surface area (Å²) in [7, 11) is 0. The zero-order valence-corrected chi connectivity index (χ0v) is 24.0. The number of rotatable bonds is 26. The van der Waals surface area contributed by atoms with E-state index in [1.807, 2.05) is 0 Å². The molecular weight excluding hydrogens is 412 g/mol. The summed E-state index contributed by atoms with van der Waals surface area (Å²) in [5.41, 5.74) is 0. The lowest BCUT2D eigenvalue weighted by atomic mass is 10.0. The second-order valence-corrected chi connectivity index (χ2v) is 11.2. The molecule has 0 radical (unpaired) electrons. The van der Waals surface area contributed by atoms with Crippen molar-refractivity contribution in [1.82, 2.24) is 9.80 Å². The second-order valence-electron chi connectivity index (χ2n) is 11.2. The summed E-state index contributed by atoms with van der Waals surface area (Å²) in [6, 6.07) is 0. The Morgan fingerprint density at radius 3 is 0.882 bits per heavy atom.